The molecule has 0 saturated heterocycles. The highest BCUT2D eigenvalue weighted by molar-refractivity contribution is 5.86. The van der Waals surface area contributed by atoms with Gasteiger partial charge in [0.05, 0.1) is 13.1 Å². The van der Waals surface area contributed by atoms with E-state index in [0.717, 1.165) is 5.56 Å². The Hall–Kier alpha value is -2.71. The molecule has 27 heavy (non-hydrogen) atoms. The Bertz CT molecular complexity index is 673. The van der Waals surface area contributed by atoms with Crippen LogP contribution in [0.4, 0.5) is 13.2 Å². The molecule has 2 N–H and O–H groups in total. The Balaban J connectivity index is 2.89. The van der Waals surface area contributed by atoms with Crippen molar-refractivity contribution in [2.75, 3.05) is 33.8 Å². The number of amides is 1. The highest BCUT2D eigenvalue weighted by Gasteiger charge is 2.28. The topological polar surface area (TPSA) is 66.0 Å². The fourth-order valence-corrected chi connectivity index (χ4v) is 1.91. The average molecular weight is 386 g/mol. The van der Waals surface area contributed by atoms with Crippen molar-refractivity contribution in [3.05, 3.63) is 42.0 Å². The predicted molar refractivity (Wildman–Crippen MR) is 98.8 cm³/mol. The second-order valence-electron chi connectivity index (χ2n) is 5.99. The first-order chi connectivity index (χ1) is 12.6. The number of halogens is 3. The number of carbonyl (C=O) groups excluding carboxylic acids is 1. The van der Waals surface area contributed by atoms with E-state index in [4.69, 9.17) is 4.74 Å². The van der Waals surface area contributed by atoms with Crippen molar-refractivity contribution in [2.24, 2.45) is 4.99 Å². The van der Waals surface area contributed by atoms with Crippen LogP contribution in [0.3, 0.4) is 0 Å². The van der Waals surface area contributed by atoms with Crippen LogP contribution in [-0.2, 0) is 11.3 Å². The Morgan fingerprint density at radius 1 is 1.33 bits per heavy atom. The van der Waals surface area contributed by atoms with E-state index in [2.05, 4.69) is 22.2 Å². The van der Waals surface area contributed by atoms with Gasteiger partial charge in [-0.1, -0.05) is 18.2 Å². The molecule has 9 heteroatoms. The van der Waals surface area contributed by atoms with Crippen LogP contribution in [0.5, 0.6) is 5.75 Å². The molecule has 0 aliphatic heterocycles. The lowest BCUT2D eigenvalue weighted by Crippen LogP contribution is -2.43. The lowest BCUT2D eigenvalue weighted by Gasteiger charge is -2.15. The van der Waals surface area contributed by atoms with Gasteiger partial charge in [0, 0.05) is 26.2 Å². The predicted octanol–water partition coefficient (Wildman–Crippen LogP) is 2.25. The van der Waals surface area contributed by atoms with Gasteiger partial charge >= 0.3 is 6.18 Å². The number of carbonyl (C=O) groups is 1. The summed E-state index contributed by atoms with van der Waals surface area (Å²) in [6.07, 6.45) is -2.80. The molecule has 0 unspecified atom stereocenters. The SMILES string of the molecule is C=CCNC(=NCc1ccc(C)cc1OCC(F)(F)F)NCC(=O)N(C)C. The quantitative estimate of drug-likeness (QED) is 0.409. The summed E-state index contributed by atoms with van der Waals surface area (Å²) in [6, 6.07) is 4.97. The lowest BCUT2D eigenvalue weighted by molar-refractivity contribution is -0.153. The number of rotatable bonds is 8. The highest BCUT2D eigenvalue weighted by Crippen LogP contribution is 2.24. The Kier molecular flexibility index (Phi) is 8.64. The molecule has 150 valence electrons. The first kappa shape index (κ1) is 22.3. The number of guanidine groups is 1. The van der Waals surface area contributed by atoms with Crippen molar-refractivity contribution in [1.29, 1.82) is 0 Å². The number of ether oxygens (including phenoxy) is 1. The number of likely N-dealkylation sites (N-methyl/N-ethyl adjacent to an activating group) is 1. The van der Waals surface area contributed by atoms with Crippen LogP contribution >= 0.6 is 0 Å². The van der Waals surface area contributed by atoms with Crippen molar-refractivity contribution in [3.63, 3.8) is 0 Å². The third kappa shape index (κ3) is 8.98. The van der Waals surface area contributed by atoms with Crippen LogP contribution < -0.4 is 15.4 Å². The number of benzene rings is 1. The van der Waals surface area contributed by atoms with Crippen molar-refractivity contribution < 1.29 is 22.7 Å². The van der Waals surface area contributed by atoms with Crippen molar-refractivity contribution in [1.82, 2.24) is 15.5 Å². The van der Waals surface area contributed by atoms with Gasteiger partial charge in [0.25, 0.3) is 0 Å². The van der Waals surface area contributed by atoms with Crippen LogP contribution in [0.2, 0.25) is 0 Å². The molecule has 1 aromatic rings. The van der Waals surface area contributed by atoms with Gasteiger partial charge in [-0.25, -0.2) is 4.99 Å². The molecular weight excluding hydrogens is 361 g/mol. The van der Waals surface area contributed by atoms with Crippen LogP contribution in [0.1, 0.15) is 11.1 Å². The first-order valence-electron chi connectivity index (χ1n) is 8.24. The number of alkyl halides is 3. The molecule has 0 saturated carbocycles. The summed E-state index contributed by atoms with van der Waals surface area (Å²) in [4.78, 5) is 17.4. The molecule has 0 aliphatic rings. The van der Waals surface area contributed by atoms with Gasteiger partial charge in [-0.05, 0) is 18.6 Å². The minimum Gasteiger partial charge on any atom is -0.484 e. The van der Waals surface area contributed by atoms with Gasteiger partial charge in [0.1, 0.15) is 5.75 Å². The van der Waals surface area contributed by atoms with Crippen LogP contribution in [-0.4, -0.2) is 56.7 Å². The third-order valence-electron chi connectivity index (χ3n) is 3.34. The Morgan fingerprint density at radius 2 is 2.04 bits per heavy atom. The van der Waals surface area contributed by atoms with Gasteiger partial charge in [-0.3, -0.25) is 4.79 Å². The van der Waals surface area contributed by atoms with Crippen molar-refractivity contribution >= 4 is 11.9 Å². The summed E-state index contributed by atoms with van der Waals surface area (Å²) < 4.78 is 42.3. The lowest BCUT2D eigenvalue weighted by atomic mass is 10.1. The molecule has 1 amide bonds. The minimum atomic E-state index is -4.42. The van der Waals surface area contributed by atoms with Gasteiger partial charge in [0.15, 0.2) is 12.6 Å². The number of nitrogens with zero attached hydrogens (tertiary/aromatic N) is 2. The van der Waals surface area contributed by atoms with E-state index in [1.54, 1.807) is 39.2 Å². The minimum absolute atomic E-state index is 0.0291. The summed E-state index contributed by atoms with van der Waals surface area (Å²) in [5.41, 5.74) is 1.28. The normalized spacial score (nSPS) is 11.7. The second-order valence-corrected chi connectivity index (χ2v) is 5.99. The van der Waals surface area contributed by atoms with Gasteiger partial charge < -0.3 is 20.3 Å². The van der Waals surface area contributed by atoms with Gasteiger partial charge in [0.2, 0.25) is 5.91 Å². The van der Waals surface area contributed by atoms with Crippen LogP contribution in [0.15, 0.2) is 35.8 Å². The number of aryl methyl sites for hydroxylation is 1. The molecule has 0 aliphatic carbocycles. The van der Waals surface area contributed by atoms with E-state index in [-0.39, 0.29) is 24.7 Å². The van der Waals surface area contributed by atoms with Crippen molar-refractivity contribution in [3.8, 4) is 5.75 Å². The van der Waals surface area contributed by atoms with E-state index in [1.807, 2.05) is 0 Å². The smallest absolute Gasteiger partial charge is 0.422 e. The molecule has 0 bridgehead atoms. The van der Waals surface area contributed by atoms with Crippen LogP contribution in [0.25, 0.3) is 0 Å². The molecule has 6 nitrogen and oxygen atoms in total. The first-order valence-corrected chi connectivity index (χ1v) is 8.24. The van der Waals surface area contributed by atoms with E-state index in [0.29, 0.717) is 18.1 Å². The van der Waals surface area contributed by atoms with E-state index < -0.39 is 12.8 Å². The molecule has 0 fully saturated rings. The maximum Gasteiger partial charge on any atom is 0.422 e. The summed E-state index contributed by atoms with van der Waals surface area (Å²) in [7, 11) is 3.27. The third-order valence-corrected chi connectivity index (χ3v) is 3.34. The largest absolute Gasteiger partial charge is 0.484 e. The zero-order chi connectivity index (χ0) is 20.4. The maximum atomic E-state index is 12.5. The number of aliphatic imine (C=N–C) groups is 1. The number of hydrogen-bond donors (Lipinski definition) is 2. The van der Waals surface area contributed by atoms with E-state index in [9.17, 15) is 18.0 Å². The Morgan fingerprint density at radius 3 is 2.63 bits per heavy atom. The number of nitrogens with one attached hydrogen (secondary N) is 2. The highest BCUT2D eigenvalue weighted by atomic mass is 19.4. The summed E-state index contributed by atoms with van der Waals surface area (Å²) >= 11 is 0. The fraction of sp³-hybridized carbons (Fsp3) is 0.444. The monoisotopic (exact) mass is 386 g/mol. The van der Waals surface area contributed by atoms with Gasteiger partial charge in [-0.15, -0.1) is 6.58 Å². The number of hydrogen-bond acceptors (Lipinski definition) is 3. The second kappa shape index (κ2) is 10.4. The summed E-state index contributed by atoms with van der Waals surface area (Å²) in [5, 5.41) is 5.82. The van der Waals surface area contributed by atoms with Crippen molar-refractivity contribution in [2.45, 2.75) is 19.6 Å². The zero-order valence-electron chi connectivity index (χ0n) is 15.7. The molecule has 0 atom stereocenters. The molecule has 0 radical (unpaired) electrons. The maximum absolute atomic E-state index is 12.5. The molecule has 0 heterocycles. The molecule has 0 aromatic heterocycles. The van der Waals surface area contributed by atoms with E-state index in [1.165, 1.54) is 11.0 Å². The summed E-state index contributed by atoms with van der Waals surface area (Å²) in [6.45, 7) is 4.51. The Labute approximate surface area is 157 Å². The summed E-state index contributed by atoms with van der Waals surface area (Å²) in [5.74, 6) is 0.323. The average Bonchev–Trinajstić information content (AvgIpc) is 2.59. The molecule has 1 rings (SSSR count). The molecule has 0 spiro atoms. The molecule has 1 aromatic carbocycles. The fourth-order valence-electron chi connectivity index (χ4n) is 1.91. The molecular formula is C18H25F3N4O2. The van der Waals surface area contributed by atoms with Gasteiger partial charge in [-0.2, -0.15) is 13.2 Å². The van der Waals surface area contributed by atoms with Crippen LogP contribution in [0, 0.1) is 6.92 Å². The zero-order valence-corrected chi connectivity index (χ0v) is 15.7. The standard InChI is InChI=1S/C18H25F3N4O2/c1-5-8-22-17(24-11-16(26)25(3)4)23-10-14-7-6-13(2)9-15(14)27-12-18(19,20)21/h5-7,9H,1,8,10-12H2,2-4H3,(H2,22,23,24). The van der Waals surface area contributed by atoms with E-state index >= 15 is 0 Å².